The predicted octanol–water partition coefficient (Wildman–Crippen LogP) is 2.22. The van der Waals surface area contributed by atoms with Crippen LogP contribution in [0.5, 0.6) is 0 Å². The standard InChI is InChI=1S/C14H13NO4/c1-2-3-12(8-13(16)9-15-19)10-4-6-11(7-5-10)14(17)18/h1,4-7,12H,3,8-9H2,(H,17,18). The number of carbonyl (C=O) groups is 2. The Bertz CT molecular complexity index is 513. The van der Waals surface area contributed by atoms with Crippen LogP contribution in [-0.2, 0) is 4.79 Å². The molecule has 98 valence electrons. The van der Waals surface area contributed by atoms with E-state index in [9.17, 15) is 14.5 Å². The summed E-state index contributed by atoms with van der Waals surface area (Å²) >= 11 is 0. The highest BCUT2D eigenvalue weighted by Crippen LogP contribution is 2.24. The van der Waals surface area contributed by atoms with Crippen LogP contribution >= 0.6 is 0 Å². The quantitative estimate of drug-likeness (QED) is 0.601. The molecular weight excluding hydrogens is 246 g/mol. The molecule has 0 radical (unpaired) electrons. The lowest BCUT2D eigenvalue weighted by Gasteiger charge is -2.13. The van der Waals surface area contributed by atoms with Crippen LogP contribution in [0.2, 0.25) is 0 Å². The molecule has 0 heterocycles. The van der Waals surface area contributed by atoms with Gasteiger partial charge in [-0.25, -0.2) is 4.79 Å². The second-order valence-electron chi connectivity index (χ2n) is 4.06. The minimum absolute atomic E-state index is 0.127. The maximum atomic E-state index is 11.4. The van der Waals surface area contributed by atoms with Gasteiger partial charge in [-0.1, -0.05) is 17.3 Å². The van der Waals surface area contributed by atoms with Crippen LogP contribution in [0.25, 0.3) is 0 Å². The molecule has 0 saturated carbocycles. The van der Waals surface area contributed by atoms with E-state index in [0.29, 0.717) is 6.42 Å². The fourth-order valence-electron chi connectivity index (χ4n) is 1.76. The molecule has 1 aromatic rings. The second kappa shape index (κ2) is 7.07. The van der Waals surface area contributed by atoms with E-state index in [2.05, 4.69) is 11.1 Å². The fourth-order valence-corrected chi connectivity index (χ4v) is 1.76. The van der Waals surface area contributed by atoms with Gasteiger partial charge in [0.15, 0.2) is 5.78 Å². The lowest BCUT2D eigenvalue weighted by molar-refractivity contribution is -0.118. The Hall–Kier alpha value is -2.48. The molecule has 0 aliphatic carbocycles. The van der Waals surface area contributed by atoms with E-state index < -0.39 is 5.97 Å². The van der Waals surface area contributed by atoms with Crippen molar-refractivity contribution in [2.24, 2.45) is 5.18 Å². The number of Topliss-reactive ketones (excluding diaryl/α,β-unsaturated/α-hetero) is 1. The van der Waals surface area contributed by atoms with Gasteiger partial charge in [0, 0.05) is 18.8 Å². The van der Waals surface area contributed by atoms with Gasteiger partial charge < -0.3 is 5.11 Å². The van der Waals surface area contributed by atoms with Crippen LogP contribution < -0.4 is 0 Å². The van der Waals surface area contributed by atoms with E-state index >= 15 is 0 Å². The average molecular weight is 259 g/mol. The van der Waals surface area contributed by atoms with Crippen molar-refractivity contribution in [3.63, 3.8) is 0 Å². The molecule has 1 rings (SSSR count). The molecule has 1 N–H and O–H groups in total. The highest BCUT2D eigenvalue weighted by atomic mass is 16.4. The Balaban J connectivity index is 2.86. The normalized spacial score (nSPS) is 11.3. The number of ketones is 1. The Morgan fingerprint density at radius 3 is 2.42 bits per heavy atom. The van der Waals surface area contributed by atoms with Crippen LogP contribution in [0.4, 0.5) is 0 Å². The first-order valence-corrected chi connectivity index (χ1v) is 5.66. The van der Waals surface area contributed by atoms with E-state index in [1.54, 1.807) is 12.1 Å². The molecule has 0 aromatic heterocycles. The van der Waals surface area contributed by atoms with Crippen molar-refractivity contribution in [2.45, 2.75) is 18.8 Å². The number of carboxylic acids is 1. The summed E-state index contributed by atoms with van der Waals surface area (Å²) in [4.78, 5) is 32.2. The summed E-state index contributed by atoms with van der Waals surface area (Å²) in [5.74, 6) is 0.961. The van der Waals surface area contributed by atoms with E-state index in [1.165, 1.54) is 12.1 Å². The first-order chi connectivity index (χ1) is 9.08. The van der Waals surface area contributed by atoms with Gasteiger partial charge in [0.2, 0.25) is 0 Å². The highest BCUT2D eigenvalue weighted by Gasteiger charge is 2.16. The molecule has 0 fully saturated rings. The van der Waals surface area contributed by atoms with Crippen molar-refractivity contribution in [3.05, 3.63) is 40.3 Å². The van der Waals surface area contributed by atoms with Crippen LogP contribution in [0.15, 0.2) is 29.4 Å². The smallest absolute Gasteiger partial charge is 0.335 e. The second-order valence-corrected chi connectivity index (χ2v) is 4.06. The molecule has 5 heteroatoms. The number of rotatable bonds is 7. The monoisotopic (exact) mass is 259 g/mol. The Labute approximate surface area is 110 Å². The number of nitroso groups, excluding NO2 is 1. The molecule has 0 aliphatic heterocycles. The summed E-state index contributed by atoms with van der Waals surface area (Å²) in [7, 11) is 0. The molecule has 1 atom stereocenters. The molecule has 0 saturated heterocycles. The minimum atomic E-state index is -1.01. The van der Waals surface area contributed by atoms with Crippen LogP contribution in [0, 0.1) is 17.3 Å². The SMILES string of the molecule is C#CCC(CC(=O)CN=O)c1ccc(C(=O)O)cc1. The van der Waals surface area contributed by atoms with Gasteiger partial charge in [0.25, 0.3) is 0 Å². The maximum absolute atomic E-state index is 11.4. The Kier molecular flexibility index (Phi) is 5.42. The number of aromatic carboxylic acids is 1. The Morgan fingerprint density at radius 1 is 1.32 bits per heavy atom. The van der Waals surface area contributed by atoms with Crippen molar-refractivity contribution < 1.29 is 14.7 Å². The van der Waals surface area contributed by atoms with Gasteiger partial charge in [-0.2, -0.15) is 4.91 Å². The number of nitrogens with zero attached hydrogens (tertiary/aromatic N) is 1. The third-order valence-corrected chi connectivity index (χ3v) is 2.71. The Morgan fingerprint density at radius 2 is 1.95 bits per heavy atom. The molecule has 0 spiro atoms. The number of carboxylic acid groups (broad SMARTS) is 1. The molecule has 5 nitrogen and oxygen atoms in total. The zero-order chi connectivity index (χ0) is 14.3. The van der Waals surface area contributed by atoms with Gasteiger partial charge in [-0.05, 0) is 17.7 Å². The third kappa shape index (κ3) is 4.36. The topological polar surface area (TPSA) is 83.8 Å². The van der Waals surface area contributed by atoms with Gasteiger partial charge in [-0.15, -0.1) is 12.3 Å². The van der Waals surface area contributed by atoms with E-state index in [0.717, 1.165) is 5.56 Å². The van der Waals surface area contributed by atoms with Crippen LogP contribution in [0.3, 0.4) is 0 Å². The molecule has 0 amide bonds. The number of hydrogen-bond acceptors (Lipinski definition) is 4. The largest absolute Gasteiger partial charge is 0.478 e. The number of hydrogen-bond donors (Lipinski definition) is 1. The lowest BCUT2D eigenvalue weighted by atomic mass is 9.90. The minimum Gasteiger partial charge on any atom is -0.478 e. The first-order valence-electron chi connectivity index (χ1n) is 5.66. The summed E-state index contributed by atoms with van der Waals surface area (Å²) < 4.78 is 0. The van der Waals surface area contributed by atoms with Crippen molar-refractivity contribution in [1.82, 2.24) is 0 Å². The van der Waals surface area contributed by atoms with E-state index in [1.807, 2.05) is 0 Å². The zero-order valence-electron chi connectivity index (χ0n) is 10.2. The molecule has 0 bridgehead atoms. The van der Waals surface area contributed by atoms with Gasteiger partial charge in [0.05, 0.1) is 5.56 Å². The van der Waals surface area contributed by atoms with E-state index in [4.69, 9.17) is 11.5 Å². The first kappa shape index (κ1) is 14.6. The van der Waals surface area contributed by atoms with Crippen molar-refractivity contribution in [3.8, 4) is 12.3 Å². The summed E-state index contributed by atoms with van der Waals surface area (Å²) in [5.41, 5.74) is 0.950. The number of carbonyl (C=O) groups excluding carboxylic acids is 1. The summed E-state index contributed by atoms with van der Waals surface area (Å²) in [5, 5.41) is 11.4. The van der Waals surface area contributed by atoms with Gasteiger partial charge in [0.1, 0.15) is 6.54 Å². The summed E-state index contributed by atoms with van der Waals surface area (Å²) in [6, 6.07) is 6.19. The van der Waals surface area contributed by atoms with Crippen molar-refractivity contribution >= 4 is 11.8 Å². The molecule has 19 heavy (non-hydrogen) atoms. The molecular formula is C14H13NO4. The molecule has 0 aliphatic rings. The third-order valence-electron chi connectivity index (χ3n) is 2.71. The van der Waals surface area contributed by atoms with Gasteiger partial charge >= 0.3 is 5.97 Å². The highest BCUT2D eigenvalue weighted by molar-refractivity contribution is 5.87. The molecule has 1 unspecified atom stereocenters. The van der Waals surface area contributed by atoms with Crippen LogP contribution in [-0.4, -0.2) is 23.4 Å². The van der Waals surface area contributed by atoms with Gasteiger partial charge in [-0.3, -0.25) is 4.79 Å². The lowest BCUT2D eigenvalue weighted by Crippen LogP contribution is -2.09. The number of benzene rings is 1. The zero-order valence-corrected chi connectivity index (χ0v) is 10.2. The molecule has 1 aromatic carbocycles. The summed E-state index contributed by atoms with van der Waals surface area (Å²) in [6.07, 6.45) is 5.73. The predicted molar refractivity (Wildman–Crippen MR) is 69.9 cm³/mol. The fraction of sp³-hybridized carbons (Fsp3) is 0.286. The summed E-state index contributed by atoms with van der Waals surface area (Å²) in [6.45, 7) is -0.367. The number of terminal acetylenes is 1. The average Bonchev–Trinajstić information content (AvgIpc) is 2.38. The van der Waals surface area contributed by atoms with Crippen molar-refractivity contribution in [1.29, 1.82) is 0 Å². The maximum Gasteiger partial charge on any atom is 0.335 e. The van der Waals surface area contributed by atoms with E-state index in [-0.39, 0.29) is 30.2 Å². The van der Waals surface area contributed by atoms with Crippen molar-refractivity contribution in [2.75, 3.05) is 6.54 Å². The van der Waals surface area contributed by atoms with Crippen LogP contribution in [0.1, 0.15) is 34.7 Å².